The van der Waals surface area contributed by atoms with Gasteiger partial charge in [-0.05, 0) is 49.9 Å². The normalized spacial score (nSPS) is 18.6. The van der Waals surface area contributed by atoms with E-state index in [0.717, 1.165) is 22.5 Å². The molecular weight excluding hydrogens is 368 g/mol. The second kappa shape index (κ2) is 7.90. The minimum atomic E-state index is -3.52. The highest BCUT2D eigenvalue weighted by Gasteiger charge is 2.34. The monoisotopic (exact) mass is 392 g/mol. The molecule has 5 nitrogen and oxygen atoms in total. The summed E-state index contributed by atoms with van der Waals surface area (Å²) < 4.78 is 27.5. The van der Waals surface area contributed by atoms with Crippen molar-refractivity contribution in [3.8, 4) is 0 Å². The van der Waals surface area contributed by atoms with Crippen molar-refractivity contribution in [3.05, 3.63) is 46.8 Å². The third-order valence-corrected chi connectivity index (χ3v) is 8.05. The van der Waals surface area contributed by atoms with Crippen LogP contribution in [-0.4, -0.2) is 31.7 Å². The number of amides is 1. The fourth-order valence-corrected chi connectivity index (χ4v) is 6.20. The SMILES string of the molecule is CCc1ccccc1NC(=O)[C@H]1CCCN(S(=O)(=O)c2ccc(C)s2)C1. The number of piperidine rings is 1. The molecule has 0 aliphatic carbocycles. The molecule has 1 aliphatic heterocycles. The lowest BCUT2D eigenvalue weighted by molar-refractivity contribution is -0.120. The smallest absolute Gasteiger partial charge is 0.252 e. The van der Waals surface area contributed by atoms with Crippen molar-refractivity contribution in [3.63, 3.8) is 0 Å². The predicted molar refractivity (Wildman–Crippen MR) is 105 cm³/mol. The van der Waals surface area contributed by atoms with Crippen molar-refractivity contribution in [2.45, 2.75) is 37.3 Å². The number of nitrogens with one attached hydrogen (secondary N) is 1. The fourth-order valence-electron chi connectivity index (χ4n) is 3.24. The highest BCUT2D eigenvalue weighted by molar-refractivity contribution is 7.91. The Morgan fingerprint density at radius 1 is 1.27 bits per heavy atom. The van der Waals surface area contributed by atoms with Crippen LogP contribution >= 0.6 is 11.3 Å². The number of carbonyl (C=O) groups excluding carboxylic acids is 1. The zero-order valence-electron chi connectivity index (χ0n) is 15.1. The summed E-state index contributed by atoms with van der Waals surface area (Å²) in [6.07, 6.45) is 2.23. The predicted octanol–water partition coefficient (Wildman–Crippen LogP) is 3.66. The van der Waals surface area contributed by atoms with Crippen molar-refractivity contribution >= 4 is 33.0 Å². The highest BCUT2D eigenvalue weighted by Crippen LogP contribution is 2.29. The number of hydrogen-bond acceptors (Lipinski definition) is 4. The molecule has 0 unspecified atom stereocenters. The number of rotatable bonds is 5. The van der Waals surface area contributed by atoms with E-state index in [2.05, 4.69) is 5.32 Å². The van der Waals surface area contributed by atoms with Crippen molar-refractivity contribution in [1.29, 1.82) is 0 Å². The van der Waals surface area contributed by atoms with E-state index in [-0.39, 0.29) is 18.4 Å². The molecule has 1 aliphatic rings. The number of anilines is 1. The lowest BCUT2D eigenvalue weighted by Gasteiger charge is -2.31. The van der Waals surface area contributed by atoms with E-state index in [0.29, 0.717) is 23.6 Å². The molecule has 0 bridgehead atoms. The second-order valence-electron chi connectivity index (χ2n) is 6.57. The van der Waals surface area contributed by atoms with E-state index >= 15 is 0 Å². The average molecular weight is 393 g/mol. The molecule has 26 heavy (non-hydrogen) atoms. The number of aryl methyl sites for hydroxylation is 2. The molecule has 0 radical (unpaired) electrons. The van der Waals surface area contributed by atoms with Crippen LogP contribution in [-0.2, 0) is 21.2 Å². The Kier molecular flexibility index (Phi) is 5.79. The van der Waals surface area contributed by atoms with E-state index in [1.165, 1.54) is 15.6 Å². The van der Waals surface area contributed by atoms with Gasteiger partial charge in [0.15, 0.2) is 0 Å². The molecule has 1 atom stereocenters. The van der Waals surface area contributed by atoms with Crippen molar-refractivity contribution in [2.24, 2.45) is 5.92 Å². The van der Waals surface area contributed by atoms with Gasteiger partial charge in [-0.3, -0.25) is 4.79 Å². The summed E-state index contributed by atoms with van der Waals surface area (Å²) in [5.41, 5.74) is 1.89. The van der Waals surface area contributed by atoms with Crippen LogP contribution in [0.1, 0.15) is 30.2 Å². The number of carbonyl (C=O) groups is 1. The van der Waals surface area contributed by atoms with Gasteiger partial charge in [-0.15, -0.1) is 11.3 Å². The fraction of sp³-hybridized carbons (Fsp3) is 0.421. The Labute approximate surface area is 159 Å². The number of benzene rings is 1. The van der Waals surface area contributed by atoms with Gasteiger partial charge in [0.2, 0.25) is 5.91 Å². The van der Waals surface area contributed by atoms with E-state index in [1.807, 2.05) is 44.2 Å². The van der Waals surface area contributed by atoms with Crippen LogP contribution in [0, 0.1) is 12.8 Å². The first-order valence-corrected chi connectivity index (χ1v) is 11.1. The van der Waals surface area contributed by atoms with Crippen molar-refractivity contribution < 1.29 is 13.2 Å². The standard InChI is InChI=1S/C19H24N2O3S2/c1-3-15-7-4-5-9-17(15)20-19(22)16-8-6-12-21(13-16)26(23,24)18-11-10-14(2)25-18/h4-5,7,9-11,16H,3,6,8,12-13H2,1-2H3,(H,20,22)/t16-/m0/s1. The summed E-state index contributed by atoms with van der Waals surface area (Å²) in [4.78, 5) is 13.7. The molecule has 1 saturated heterocycles. The lowest BCUT2D eigenvalue weighted by Crippen LogP contribution is -2.43. The third-order valence-electron chi connectivity index (χ3n) is 4.72. The molecule has 3 rings (SSSR count). The number of sulfonamides is 1. The molecule has 1 aromatic heterocycles. The van der Waals surface area contributed by atoms with Crippen LogP contribution in [0.15, 0.2) is 40.6 Å². The summed E-state index contributed by atoms with van der Waals surface area (Å²) in [5.74, 6) is -0.433. The van der Waals surface area contributed by atoms with E-state index in [4.69, 9.17) is 0 Å². The van der Waals surface area contributed by atoms with E-state index in [1.54, 1.807) is 6.07 Å². The second-order valence-corrected chi connectivity index (χ2v) is 10.0. The number of hydrogen-bond donors (Lipinski definition) is 1. The Hall–Kier alpha value is -1.70. The van der Waals surface area contributed by atoms with Gasteiger partial charge < -0.3 is 5.32 Å². The van der Waals surface area contributed by atoms with E-state index < -0.39 is 10.0 Å². The quantitative estimate of drug-likeness (QED) is 0.844. The van der Waals surface area contributed by atoms with Crippen LogP contribution in [0.4, 0.5) is 5.69 Å². The topological polar surface area (TPSA) is 66.5 Å². The zero-order chi connectivity index (χ0) is 18.7. The molecule has 2 aromatic rings. The Morgan fingerprint density at radius 3 is 2.73 bits per heavy atom. The molecule has 1 N–H and O–H groups in total. The zero-order valence-corrected chi connectivity index (χ0v) is 16.7. The molecule has 1 fully saturated rings. The Bertz CT molecular complexity index is 890. The van der Waals surface area contributed by atoms with Crippen LogP contribution in [0.5, 0.6) is 0 Å². The Morgan fingerprint density at radius 2 is 2.04 bits per heavy atom. The summed E-state index contributed by atoms with van der Waals surface area (Å²) in [6, 6.07) is 11.2. The first-order valence-electron chi connectivity index (χ1n) is 8.87. The molecular formula is C19H24N2O3S2. The molecule has 140 valence electrons. The summed E-state index contributed by atoms with van der Waals surface area (Å²) in [5, 5.41) is 2.99. The molecule has 0 spiro atoms. The lowest BCUT2D eigenvalue weighted by atomic mass is 9.98. The first kappa shape index (κ1) is 19.1. The third kappa shape index (κ3) is 4.00. The highest BCUT2D eigenvalue weighted by atomic mass is 32.2. The molecule has 1 amide bonds. The average Bonchev–Trinajstić information content (AvgIpc) is 3.09. The molecule has 2 heterocycles. The van der Waals surface area contributed by atoms with Crippen LogP contribution in [0.3, 0.4) is 0 Å². The van der Waals surface area contributed by atoms with Gasteiger partial charge in [0.25, 0.3) is 10.0 Å². The first-order chi connectivity index (χ1) is 12.4. The Balaban J connectivity index is 1.73. The van der Waals surface area contributed by atoms with Gasteiger partial charge in [-0.25, -0.2) is 8.42 Å². The summed E-state index contributed by atoms with van der Waals surface area (Å²) in [7, 11) is -3.52. The van der Waals surface area contributed by atoms with Gasteiger partial charge in [0, 0.05) is 23.7 Å². The van der Waals surface area contributed by atoms with Gasteiger partial charge in [0.1, 0.15) is 4.21 Å². The number of para-hydroxylation sites is 1. The maximum absolute atomic E-state index is 12.8. The summed E-state index contributed by atoms with van der Waals surface area (Å²) in [6.45, 7) is 4.64. The van der Waals surface area contributed by atoms with Gasteiger partial charge in [-0.1, -0.05) is 25.1 Å². The summed E-state index contributed by atoms with van der Waals surface area (Å²) >= 11 is 1.28. The molecule has 7 heteroatoms. The maximum atomic E-state index is 12.8. The number of thiophene rings is 1. The van der Waals surface area contributed by atoms with Crippen LogP contribution in [0.25, 0.3) is 0 Å². The van der Waals surface area contributed by atoms with Gasteiger partial charge in [-0.2, -0.15) is 4.31 Å². The minimum Gasteiger partial charge on any atom is -0.326 e. The van der Waals surface area contributed by atoms with E-state index in [9.17, 15) is 13.2 Å². The number of nitrogens with zero attached hydrogens (tertiary/aromatic N) is 1. The largest absolute Gasteiger partial charge is 0.326 e. The molecule has 1 aromatic carbocycles. The van der Waals surface area contributed by atoms with Crippen molar-refractivity contribution in [2.75, 3.05) is 18.4 Å². The van der Waals surface area contributed by atoms with Gasteiger partial charge >= 0.3 is 0 Å². The van der Waals surface area contributed by atoms with Crippen molar-refractivity contribution in [1.82, 2.24) is 4.31 Å². The van der Waals surface area contributed by atoms with Crippen LogP contribution < -0.4 is 5.32 Å². The van der Waals surface area contributed by atoms with Crippen LogP contribution in [0.2, 0.25) is 0 Å². The maximum Gasteiger partial charge on any atom is 0.252 e. The van der Waals surface area contributed by atoms with Gasteiger partial charge in [0.05, 0.1) is 5.92 Å². The molecule has 0 saturated carbocycles. The minimum absolute atomic E-state index is 0.104.